The number of anilines is 2. The number of fused-ring (bicyclic) bond motifs is 1. The first-order valence-corrected chi connectivity index (χ1v) is 14.4. The zero-order chi connectivity index (χ0) is 29.5. The summed E-state index contributed by atoms with van der Waals surface area (Å²) in [4.78, 5) is 41.7. The Morgan fingerprint density at radius 2 is 1.67 bits per heavy atom. The molecule has 3 heterocycles. The van der Waals surface area contributed by atoms with Gasteiger partial charge in [-0.1, -0.05) is 65.8 Å². The monoisotopic (exact) mass is 599 g/mol. The highest BCUT2D eigenvalue weighted by Crippen LogP contribution is 2.36. The van der Waals surface area contributed by atoms with Gasteiger partial charge >= 0.3 is 0 Å². The lowest BCUT2D eigenvalue weighted by Gasteiger charge is -2.30. The first kappa shape index (κ1) is 27.6. The van der Waals surface area contributed by atoms with E-state index in [0.29, 0.717) is 50.0 Å². The summed E-state index contributed by atoms with van der Waals surface area (Å²) in [5.41, 5.74) is 3.21. The molecule has 2 aromatic heterocycles. The average molecular weight is 600 g/mol. The van der Waals surface area contributed by atoms with Crippen molar-refractivity contribution in [3.8, 4) is 22.8 Å². The highest BCUT2D eigenvalue weighted by atomic mass is 35.5. The van der Waals surface area contributed by atoms with Crippen molar-refractivity contribution in [2.75, 3.05) is 16.8 Å². The van der Waals surface area contributed by atoms with Crippen LogP contribution < -0.4 is 15.8 Å². The molecule has 1 atom stereocenters. The number of rotatable bonds is 6. The van der Waals surface area contributed by atoms with Crippen molar-refractivity contribution >= 4 is 46.6 Å². The van der Waals surface area contributed by atoms with E-state index in [4.69, 9.17) is 11.6 Å². The first-order valence-electron chi connectivity index (χ1n) is 13.2. The Balaban J connectivity index is 1.46. The van der Waals surface area contributed by atoms with Gasteiger partial charge in [0.05, 0.1) is 33.0 Å². The van der Waals surface area contributed by atoms with Crippen LogP contribution in [-0.2, 0) is 16.6 Å². The standard InChI is InChI=1S/C30H26ClN7O3S/c1-18-26(29(41)38(35(18)3)20-11-5-4-6-12-20)37-27(21-13-7-8-14-22(21)31)33-34-30(37)42-19(2)28(40)36-17-25(39)32-23-15-9-10-16-24(23)36/h4-16,19H,17H2,1-3H3,(H,32,39). The summed E-state index contributed by atoms with van der Waals surface area (Å²) < 4.78 is 5.02. The minimum Gasteiger partial charge on any atom is -0.323 e. The predicted molar refractivity (Wildman–Crippen MR) is 164 cm³/mol. The molecule has 0 fully saturated rings. The van der Waals surface area contributed by atoms with Crippen LogP contribution in [0.2, 0.25) is 5.02 Å². The quantitative estimate of drug-likeness (QED) is 0.280. The number of nitrogens with zero attached hydrogens (tertiary/aromatic N) is 6. The molecule has 0 saturated carbocycles. The summed E-state index contributed by atoms with van der Waals surface area (Å²) in [6, 6.07) is 23.7. The molecule has 1 unspecified atom stereocenters. The summed E-state index contributed by atoms with van der Waals surface area (Å²) in [5, 5.41) is 11.8. The third-order valence-corrected chi connectivity index (χ3v) is 8.52. The first-order chi connectivity index (χ1) is 20.3. The number of halogens is 1. The summed E-state index contributed by atoms with van der Waals surface area (Å²) in [6.07, 6.45) is 0. The van der Waals surface area contributed by atoms with Crippen molar-refractivity contribution in [3.63, 3.8) is 0 Å². The summed E-state index contributed by atoms with van der Waals surface area (Å²) in [5.74, 6) is -0.177. The predicted octanol–water partition coefficient (Wildman–Crippen LogP) is 4.85. The number of carbonyl (C=O) groups is 2. The second-order valence-corrected chi connectivity index (χ2v) is 11.5. The van der Waals surface area contributed by atoms with Crippen LogP contribution in [0.3, 0.4) is 0 Å². The fourth-order valence-corrected chi connectivity index (χ4v) is 6.17. The zero-order valence-corrected chi connectivity index (χ0v) is 24.6. The summed E-state index contributed by atoms with van der Waals surface area (Å²) >= 11 is 7.74. The van der Waals surface area contributed by atoms with Crippen molar-refractivity contribution in [3.05, 3.63) is 99.9 Å². The molecule has 1 aliphatic heterocycles. The van der Waals surface area contributed by atoms with E-state index in [0.717, 1.165) is 11.8 Å². The van der Waals surface area contributed by atoms with Crippen molar-refractivity contribution in [1.82, 2.24) is 24.1 Å². The molecular formula is C30H26ClN7O3S. The Hall–Kier alpha value is -4.61. The van der Waals surface area contributed by atoms with Crippen molar-refractivity contribution in [2.45, 2.75) is 24.3 Å². The summed E-state index contributed by atoms with van der Waals surface area (Å²) in [7, 11) is 1.81. The Morgan fingerprint density at radius 3 is 2.43 bits per heavy atom. The number of benzene rings is 3. The maximum atomic E-state index is 14.1. The maximum Gasteiger partial charge on any atom is 0.296 e. The molecule has 3 aromatic carbocycles. The zero-order valence-electron chi connectivity index (χ0n) is 23.0. The van der Waals surface area contributed by atoms with E-state index in [1.807, 2.05) is 68.6 Å². The van der Waals surface area contributed by atoms with Crippen LogP contribution in [0.15, 0.2) is 88.8 Å². The normalized spacial score (nSPS) is 13.5. The lowest BCUT2D eigenvalue weighted by Crippen LogP contribution is -2.45. The lowest BCUT2D eigenvalue weighted by atomic mass is 10.2. The van der Waals surface area contributed by atoms with Crippen LogP contribution in [0, 0.1) is 6.92 Å². The molecule has 2 amide bonds. The fraction of sp³-hybridized carbons (Fsp3) is 0.167. The van der Waals surface area contributed by atoms with Gasteiger partial charge in [0, 0.05) is 12.6 Å². The molecule has 5 aromatic rings. The van der Waals surface area contributed by atoms with E-state index in [2.05, 4.69) is 15.5 Å². The van der Waals surface area contributed by atoms with Crippen LogP contribution in [0.5, 0.6) is 0 Å². The molecular weight excluding hydrogens is 574 g/mol. The van der Waals surface area contributed by atoms with Crippen molar-refractivity contribution in [2.24, 2.45) is 7.05 Å². The molecule has 0 aliphatic carbocycles. The number of aromatic nitrogens is 5. The number of para-hydroxylation sites is 3. The molecule has 12 heteroatoms. The largest absolute Gasteiger partial charge is 0.323 e. The van der Waals surface area contributed by atoms with Crippen LogP contribution in [0.25, 0.3) is 22.8 Å². The minimum absolute atomic E-state index is 0.0993. The molecule has 0 spiro atoms. The second-order valence-electron chi connectivity index (χ2n) is 9.78. The number of hydrogen-bond acceptors (Lipinski definition) is 6. The number of thioether (sulfide) groups is 1. The smallest absolute Gasteiger partial charge is 0.296 e. The molecule has 0 bridgehead atoms. The van der Waals surface area contributed by atoms with E-state index in [1.54, 1.807) is 45.1 Å². The molecule has 1 aliphatic rings. The third-order valence-electron chi connectivity index (χ3n) is 7.16. The maximum absolute atomic E-state index is 14.1. The van der Waals surface area contributed by atoms with Gasteiger partial charge in [0.15, 0.2) is 11.0 Å². The van der Waals surface area contributed by atoms with E-state index in [-0.39, 0.29) is 23.9 Å². The van der Waals surface area contributed by atoms with Gasteiger partial charge in [-0.25, -0.2) is 4.68 Å². The van der Waals surface area contributed by atoms with E-state index in [1.165, 1.54) is 4.90 Å². The fourth-order valence-electron chi connectivity index (χ4n) is 5.03. The van der Waals surface area contributed by atoms with Gasteiger partial charge in [-0.3, -0.25) is 28.5 Å². The van der Waals surface area contributed by atoms with Gasteiger partial charge in [0.25, 0.3) is 5.56 Å². The molecule has 1 N–H and O–H groups in total. The molecule has 0 radical (unpaired) electrons. The minimum atomic E-state index is -0.675. The van der Waals surface area contributed by atoms with Gasteiger partial charge in [0.1, 0.15) is 12.2 Å². The molecule has 42 heavy (non-hydrogen) atoms. The lowest BCUT2D eigenvalue weighted by molar-refractivity contribution is -0.121. The number of hydrogen-bond donors (Lipinski definition) is 1. The van der Waals surface area contributed by atoms with Crippen LogP contribution in [0.1, 0.15) is 12.6 Å². The number of amides is 2. The SMILES string of the molecule is Cc1c(-n2c(SC(C)C(=O)N3CC(=O)Nc4ccccc43)nnc2-c2ccccc2Cl)c(=O)n(-c2ccccc2)n1C. The summed E-state index contributed by atoms with van der Waals surface area (Å²) in [6.45, 7) is 3.49. The van der Waals surface area contributed by atoms with E-state index in [9.17, 15) is 14.4 Å². The molecule has 0 saturated heterocycles. The van der Waals surface area contributed by atoms with Gasteiger partial charge in [-0.15, -0.1) is 10.2 Å². The molecule has 6 rings (SSSR count). The van der Waals surface area contributed by atoms with E-state index < -0.39 is 5.25 Å². The average Bonchev–Trinajstić information content (AvgIpc) is 3.48. The van der Waals surface area contributed by atoms with Crippen molar-refractivity contribution in [1.29, 1.82) is 0 Å². The van der Waals surface area contributed by atoms with Crippen LogP contribution >= 0.6 is 23.4 Å². The Labute approximate surface area is 250 Å². The van der Waals surface area contributed by atoms with Crippen LogP contribution in [-0.4, -0.2) is 47.7 Å². The Bertz CT molecular complexity index is 1900. The van der Waals surface area contributed by atoms with E-state index >= 15 is 0 Å². The topological polar surface area (TPSA) is 107 Å². The molecule has 10 nitrogen and oxygen atoms in total. The van der Waals surface area contributed by atoms with Gasteiger partial charge in [-0.05, 0) is 50.2 Å². The van der Waals surface area contributed by atoms with Gasteiger partial charge in [0.2, 0.25) is 11.8 Å². The Morgan fingerprint density at radius 1 is 0.976 bits per heavy atom. The third kappa shape index (κ3) is 4.70. The molecule has 212 valence electrons. The Kier molecular flexibility index (Phi) is 7.21. The second kappa shape index (κ2) is 11.0. The van der Waals surface area contributed by atoms with Gasteiger partial charge < -0.3 is 5.32 Å². The van der Waals surface area contributed by atoms with Gasteiger partial charge in [-0.2, -0.15) is 0 Å². The highest BCUT2D eigenvalue weighted by molar-refractivity contribution is 8.00. The highest BCUT2D eigenvalue weighted by Gasteiger charge is 2.32. The van der Waals surface area contributed by atoms with Crippen molar-refractivity contribution < 1.29 is 9.59 Å². The van der Waals surface area contributed by atoms with Crippen LogP contribution in [0.4, 0.5) is 11.4 Å². The number of nitrogens with one attached hydrogen (secondary N) is 1. The number of carbonyl (C=O) groups excluding carboxylic acids is 2.